The zero-order chi connectivity index (χ0) is 28.9. The van der Waals surface area contributed by atoms with Crippen LogP contribution in [0.2, 0.25) is 0 Å². The maximum absolute atomic E-state index is 14.6. The van der Waals surface area contributed by atoms with Crippen molar-refractivity contribution >= 4 is 34.7 Å². The molecule has 2 aliphatic carbocycles. The first-order chi connectivity index (χ1) is 19.8. The van der Waals surface area contributed by atoms with E-state index in [1.165, 1.54) is 6.07 Å². The SMILES string of the molecule is CCN(C)CCN(C)C(=O)C1CCC(n2c(Nc3ccccc3F)nc3cnc(NC4CCC(O)CC4)nc32)CC1. The number of hydrogen-bond acceptors (Lipinski definition) is 8. The summed E-state index contributed by atoms with van der Waals surface area (Å²) in [6.45, 7) is 4.65. The molecule has 0 aliphatic heterocycles. The summed E-state index contributed by atoms with van der Waals surface area (Å²) in [6.07, 6.45) is 7.88. The summed E-state index contributed by atoms with van der Waals surface area (Å²) in [4.78, 5) is 31.4. The Bertz CT molecular complexity index is 1320. The van der Waals surface area contributed by atoms with Crippen molar-refractivity contribution in [3.63, 3.8) is 0 Å². The number of imidazole rings is 1. The van der Waals surface area contributed by atoms with Gasteiger partial charge in [-0.3, -0.25) is 9.36 Å². The number of aliphatic hydroxyl groups excluding tert-OH is 1. The minimum Gasteiger partial charge on any atom is -0.393 e. The molecule has 1 amide bonds. The van der Waals surface area contributed by atoms with Gasteiger partial charge in [0.15, 0.2) is 5.65 Å². The van der Waals surface area contributed by atoms with Crippen LogP contribution in [-0.2, 0) is 4.79 Å². The van der Waals surface area contributed by atoms with Crippen LogP contribution in [0.3, 0.4) is 0 Å². The van der Waals surface area contributed by atoms with Gasteiger partial charge in [-0.2, -0.15) is 4.98 Å². The third-order valence-electron chi connectivity index (χ3n) is 8.73. The Hall–Kier alpha value is -3.31. The average Bonchev–Trinajstić information content (AvgIpc) is 3.34. The van der Waals surface area contributed by atoms with Crippen molar-refractivity contribution < 1.29 is 14.3 Å². The number of anilines is 3. The molecule has 0 atom stereocenters. The van der Waals surface area contributed by atoms with Gasteiger partial charge in [-0.25, -0.2) is 14.4 Å². The fourth-order valence-corrected chi connectivity index (χ4v) is 5.96. The molecule has 0 radical (unpaired) electrons. The predicted octanol–water partition coefficient (Wildman–Crippen LogP) is 4.57. The van der Waals surface area contributed by atoms with E-state index in [4.69, 9.17) is 9.97 Å². The van der Waals surface area contributed by atoms with Crippen molar-refractivity contribution in [2.24, 2.45) is 5.92 Å². The Kier molecular flexibility index (Phi) is 9.34. The molecule has 222 valence electrons. The molecule has 10 nitrogen and oxygen atoms in total. The Labute approximate surface area is 241 Å². The lowest BCUT2D eigenvalue weighted by atomic mass is 9.85. The molecule has 5 rings (SSSR count). The number of para-hydroxylation sites is 1. The first-order valence-electron chi connectivity index (χ1n) is 15.0. The summed E-state index contributed by atoms with van der Waals surface area (Å²) in [6, 6.07) is 6.82. The third kappa shape index (κ3) is 6.95. The molecular formula is C30H43FN8O2. The lowest BCUT2D eigenvalue weighted by Crippen LogP contribution is -2.39. The van der Waals surface area contributed by atoms with Crippen LogP contribution in [0.1, 0.15) is 64.3 Å². The molecule has 2 aliphatic rings. The van der Waals surface area contributed by atoms with E-state index in [0.29, 0.717) is 28.7 Å². The molecule has 0 saturated heterocycles. The number of nitrogens with zero attached hydrogens (tertiary/aromatic N) is 6. The van der Waals surface area contributed by atoms with Crippen LogP contribution in [0.5, 0.6) is 0 Å². The molecule has 0 unspecified atom stereocenters. The highest BCUT2D eigenvalue weighted by Crippen LogP contribution is 2.38. The van der Waals surface area contributed by atoms with Gasteiger partial charge in [0.1, 0.15) is 11.3 Å². The normalized spacial score (nSPS) is 23.1. The fourth-order valence-electron chi connectivity index (χ4n) is 5.96. The van der Waals surface area contributed by atoms with E-state index in [0.717, 1.165) is 71.0 Å². The number of hydrogen-bond donors (Lipinski definition) is 3. The molecule has 0 bridgehead atoms. The fraction of sp³-hybridized carbons (Fsp3) is 0.600. The molecule has 2 fully saturated rings. The van der Waals surface area contributed by atoms with Crippen LogP contribution >= 0.6 is 0 Å². The summed E-state index contributed by atoms with van der Waals surface area (Å²) in [7, 11) is 3.96. The first kappa shape index (κ1) is 29.2. The molecule has 2 aromatic heterocycles. The zero-order valence-corrected chi connectivity index (χ0v) is 24.4. The largest absolute Gasteiger partial charge is 0.393 e. The summed E-state index contributed by atoms with van der Waals surface area (Å²) in [5.41, 5.74) is 1.66. The number of fused-ring (bicyclic) bond motifs is 1. The Morgan fingerprint density at radius 3 is 2.49 bits per heavy atom. The number of amides is 1. The lowest BCUT2D eigenvalue weighted by molar-refractivity contribution is -0.135. The van der Waals surface area contributed by atoms with Crippen LogP contribution in [0.4, 0.5) is 22.0 Å². The first-order valence-corrected chi connectivity index (χ1v) is 15.0. The van der Waals surface area contributed by atoms with Gasteiger partial charge in [-0.05, 0) is 77.1 Å². The van der Waals surface area contributed by atoms with Crippen LogP contribution < -0.4 is 10.6 Å². The second-order valence-electron chi connectivity index (χ2n) is 11.6. The minimum absolute atomic E-state index is 0.00514. The number of nitrogens with one attached hydrogen (secondary N) is 2. The van der Waals surface area contributed by atoms with E-state index < -0.39 is 0 Å². The number of benzene rings is 1. The van der Waals surface area contributed by atoms with E-state index in [-0.39, 0.29) is 35.8 Å². The van der Waals surface area contributed by atoms with Gasteiger partial charge in [0, 0.05) is 38.1 Å². The molecule has 0 spiro atoms. The van der Waals surface area contributed by atoms with Crippen molar-refractivity contribution in [1.29, 1.82) is 0 Å². The number of aliphatic hydroxyl groups is 1. The van der Waals surface area contributed by atoms with E-state index in [9.17, 15) is 14.3 Å². The second-order valence-corrected chi connectivity index (χ2v) is 11.6. The highest BCUT2D eigenvalue weighted by atomic mass is 19.1. The van der Waals surface area contributed by atoms with Gasteiger partial charge >= 0.3 is 0 Å². The van der Waals surface area contributed by atoms with Crippen LogP contribution in [0, 0.1) is 11.7 Å². The maximum Gasteiger partial charge on any atom is 0.225 e. The highest BCUT2D eigenvalue weighted by Gasteiger charge is 2.32. The van der Waals surface area contributed by atoms with Crippen molar-refractivity contribution in [2.75, 3.05) is 44.4 Å². The van der Waals surface area contributed by atoms with E-state index in [2.05, 4.69) is 39.1 Å². The number of likely N-dealkylation sites (N-methyl/N-ethyl adjacent to an activating group) is 2. The molecule has 11 heteroatoms. The number of halogens is 1. The zero-order valence-electron chi connectivity index (χ0n) is 24.4. The van der Waals surface area contributed by atoms with E-state index in [1.807, 2.05) is 11.9 Å². The number of aromatic nitrogens is 4. The average molecular weight is 567 g/mol. The van der Waals surface area contributed by atoms with Crippen molar-refractivity contribution in [3.05, 3.63) is 36.3 Å². The highest BCUT2D eigenvalue weighted by molar-refractivity contribution is 5.79. The van der Waals surface area contributed by atoms with Gasteiger partial charge in [0.05, 0.1) is 18.0 Å². The number of carbonyl (C=O) groups excluding carboxylic acids is 1. The summed E-state index contributed by atoms with van der Waals surface area (Å²) < 4.78 is 16.7. The van der Waals surface area contributed by atoms with Crippen LogP contribution in [0.25, 0.3) is 11.2 Å². The standard InChI is InChI=1S/C30H43FN8O2/c1-4-37(2)17-18-38(3)28(41)20-9-13-22(14-10-20)39-27-26(35-30(39)34-25-8-6-5-7-24(25)31)19-32-29(36-27)33-21-11-15-23(40)16-12-21/h5-8,19-23,40H,4,9-18H2,1-3H3,(H,34,35)(H,32,33,36). The minimum atomic E-state index is -0.356. The molecule has 3 N–H and O–H groups in total. The Morgan fingerprint density at radius 1 is 1.05 bits per heavy atom. The van der Waals surface area contributed by atoms with Gasteiger partial charge in [-0.15, -0.1) is 0 Å². The topological polar surface area (TPSA) is 111 Å². The van der Waals surface area contributed by atoms with Crippen molar-refractivity contribution in [3.8, 4) is 0 Å². The Balaban J connectivity index is 1.36. The van der Waals surface area contributed by atoms with E-state index in [1.54, 1.807) is 24.4 Å². The molecular weight excluding hydrogens is 523 g/mol. The van der Waals surface area contributed by atoms with E-state index >= 15 is 0 Å². The summed E-state index contributed by atoms with van der Waals surface area (Å²) in [5.74, 6) is 0.894. The molecule has 41 heavy (non-hydrogen) atoms. The van der Waals surface area contributed by atoms with Crippen LogP contribution in [-0.4, -0.2) is 86.2 Å². The van der Waals surface area contributed by atoms with Gasteiger partial charge in [0.2, 0.25) is 17.8 Å². The second kappa shape index (κ2) is 13.1. The smallest absolute Gasteiger partial charge is 0.225 e. The van der Waals surface area contributed by atoms with Gasteiger partial charge < -0.3 is 25.5 Å². The molecule has 2 heterocycles. The molecule has 2 saturated carbocycles. The van der Waals surface area contributed by atoms with Gasteiger partial charge in [0.25, 0.3) is 0 Å². The molecule has 3 aromatic rings. The number of carbonyl (C=O) groups is 1. The van der Waals surface area contributed by atoms with Crippen molar-refractivity contribution in [1.82, 2.24) is 29.3 Å². The predicted molar refractivity (Wildman–Crippen MR) is 159 cm³/mol. The summed E-state index contributed by atoms with van der Waals surface area (Å²) >= 11 is 0. The quantitative estimate of drug-likeness (QED) is 0.327. The Morgan fingerprint density at radius 2 is 1.78 bits per heavy atom. The van der Waals surface area contributed by atoms with Crippen molar-refractivity contribution in [2.45, 2.75) is 76.5 Å². The third-order valence-corrected chi connectivity index (χ3v) is 8.73. The van der Waals surface area contributed by atoms with Gasteiger partial charge in [-0.1, -0.05) is 19.1 Å². The molecule has 1 aromatic carbocycles. The van der Waals surface area contributed by atoms with Crippen LogP contribution in [0.15, 0.2) is 30.5 Å². The number of rotatable bonds is 10. The lowest BCUT2D eigenvalue weighted by Gasteiger charge is -2.32. The maximum atomic E-state index is 14.6. The summed E-state index contributed by atoms with van der Waals surface area (Å²) in [5, 5.41) is 16.5. The monoisotopic (exact) mass is 566 g/mol.